The van der Waals surface area contributed by atoms with Crippen LogP contribution in [0.4, 0.5) is 11.4 Å². The molecule has 1 atom stereocenters. The van der Waals surface area contributed by atoms with E-state index in [4.69, 9.17) is 14.7 Å². The molecule has 6 heteroatoms. The normalized spacial score (nSPS) is 19.5. The number of anilines is 1. The van der Waals surface area contributed by atoms with Crippen molar-refractivity contribution >= 4 is 44.5 Å². The van der Waals surface area contributed by atoms with Crippen LogP contribution < -0.4 is 9.64 Å². The highest BCUT2D eigenvalue weighted by atomic mass is 32.1. The summed E-state index contributed by atoms with van der Waals surface area (Å²) in [6.45, 7) is 8.58. The number of hydrogen-bond acceptors (Lipinski definition) is 5. The predicted octanol–water partition coefficient (Wildman–Crippen LogP) is 7.03. The Hall–Kier alpha value is -3.51. The Morgan fingerprint density at radius 3 is 2.63 bits per heavy atom. The Balaban J connectivity index is 1.41. The topological polar surface area (TPSA) is 54.8 Å². The second-order valence-electron chi connectivity index (χ2n) is 10.2. The van der Waals surface area contributed by atoms with E-state index in [1.807, 2.05) is 35.2 Å². The molecule has 2 aliphatic heterocycles. The van der Waals surface area contributed by atoms with Crippen LogP contribution in [-0.4, -0.2) is 29.3 Å². The highest BCUT2D eigenvalue weighted by Crippen LogP contribution is 2.50. The molecule has 0 fully saturated rings. The Kier molecular flexibility index (Phi) is 4.87. The van der Waals surface area contributed by atoms with Crippen LogP contribution in [0.3, 0.4) is 0 Å². The van der Waals surface area contributed by atoms with Crippen molar-refractivity contribution in [3.05, 3.63) is 71.3 Å². The van der Waals surface area contributed by atoms with Crippen LogP contribution in [0.1, 0.15) is 49.8 Å². The van der Waals surface area contributed by atoms with Gasteiger partial charge < -0.3 is 9.64 Å². The first kappa shape index (κ1) is 22.0. The summed E-state index contributed by atoms with van der Waals surface area (Å²) >= 11 is 1.69. The molecule has 0 N–H and O–H groups in total. The smallest absolute Gasteiger partial charge is 0.278 e. The minimum Gasteiger partial charge on any atom is -0.497 e. The molecule has 2 aliphatic rings. The fourth-order valence-corrected chi connectivity index (χ4v) is 6.54. The summed E-state index contributed by atoms with van der Waals surface area (Å²) < 4.78 is 6.77. The average Bonchev–Trinajstić information content (AvgIpc) is 3.37. The van der Waals surface area contributed by atoms with E-state index >= 15 is 0 Å². The van der Waals surface area contributed by atoms with Crippen molar-refractivity contribution in [1.82, 2.24) is 4.98 Å². The number of aliphatic imine (C=N–C) groups is 1. The van der Waals surface area contributed by atoms with Crippen molar-refractivity contribution in [3.8, 4) is 16.3 Å². The van der Waals surface area contributed by atoms with Crippen molar-refractivity contribution in [2.24, 2.45) is 4.99 Å². The number of aryl methyl sites for hydroxylation is 1. The molecular formula is C29H27N3O2S. The number of fused-ring (bicyclic) bond motifs is 1. The van der Waals surface area contributed by atoms with Gasteiger partial charge in [-0.15, -0.1) is 11.3 Å². The van der Waals surface area contributed by atoms with Gasteiger partial charge in [0.15, 0.2) is 0 Å². The minimum absolute atomic E-state index is 0.0444. The Labute approximate surface area is 209 Å². The zero-order valence-corrected chi connectivity index (χ0v) is 21.4. The van der Waals surface area contributed by atoms with Gasteiger partial charge in [-0.1, -0.05) is 13.0 Å². The molecule has 1 aromatic heterocycles. The summed E-state index contributed by atoms with van der Waals surface area (Å²) in [5.74, 6) is 1.04. The number of ether oxygens (including phenoxy) is 1. The van der Waals surface area contributed by atoms with Gasteiger partial charge in [0.2, 0.25) is 0 Å². The van der Waals surface area contributed by atoms with Crippen LogP contribution in [0, 0.1) is 6.92 Å². The maximum atomic E-state index is 13.7. The van der Waals surface area contributed by atoms with Crippen LogP contribution in [-0.2, 0) is 4.79 Å². The molecule has 5 nitrogen and oxygen atoms in total. The molecule has 1 unspecified atom stereocenters. The summed E-state index contributed by atoms with van der Waals surface area (Å²) in [4.78, 5) is 25.2. The largest absolute Gasteiger partial charge is 0.497 e. The first-order valence-electron chi connectivity index (χ1n) is 11.9. The summed E-state index contributed by atoms with van der Waals surface area (Å²) in [6, 6.07) is 18.3. The molecule has 0 spiro atoms. The SMILES string of the molecule is COc1cc2c3c(c1)C(C)CC(C)(C)N3C(=O)C2=Nc1ccc(-c2nc3ccc(C)cc3s2)cc1. The third-order valence-electron chi connectivity index (χ3n) is 7.07. The molecule has 0 radical (unpaired) electrons. The maximum Gasteiger partial charge on any atom is 0.278 e. The summed E-state index contributed by atoms with van der Waals surface area (Å²) in [5.41, 5.74) is 7.23. The fourth-order valence-electron chi connectivity index (χ4n) is 5.47. The summed E-state index contributed by atoms with van der Waals surface area (Å²) in [5, 5.41) is 0.981. The molecular weight excluding hydrogens is 454 g/mol. The van der Waals surface area contributed by atoms with E-state index in [0.29, 0.717) is 11.6 Å². The lowest BCUT2D eigenvalue weighted by Crippen LogP contribution is -2.50. The van der Waals surface area contributed by atoms with Gasteiger partial charge >= 0.3 is 0 Å². The van der Waals surface area contributed by atoms with E-state index in [0.717, 1.165) is 50.8 Å². The number of rotatable bonds is 3. The van der Waals surface area contributed by atoms with Crippen LogP contribution in [0.15, 0.2) is 59.6 Å². The van der Waals surface area contributed by atoms with Gasteiger partial charge in [-0.25, -0.2) is 9.98 Å². The van der Waals surface area contributed by atoms with Gasteiger partial charge in [0.05, 0.1) is 28.7 Å². The lowest BCUT2D eigenvalue weighted by atomic mass is 9.80. The van der Waals surface area contributed by atoms with Gasteiger partial charge in [0.1, 0.15) is 16.5 Å². The standard InChI is InChI=1S/C29H27N3O2S/c1-16-6-11-23-24(12-16)35-27(31-23)18-7-9-19(10-8-18)30-25-22-14-20(34-5)13-21-17(2)15-29(3,4)32(26(21)22)28(25)33/h6-14,17H,15H2,1-5H3. The minimum atomic E-state index is -0.279. The lowest BCUT2D eigenvalue weighted by Gasteiger charge is -2.43. The molecule has 0 saturated heterocycles. The van der Waals surface area contributed by atoms with Crippen molar-refractivity contribution < 1.29 is 9.53 Å². The number of nitrogens with zero attached hydrogens (tertiary/aromatic N) is 3. The molecule has 1 amide bonds. The van der Waals surface area contributed by atoms with E-state index in [2.05, 4.69) is 52.0 Å². The van der Waals surface area contributed by atoms with Crippen molar-refractivity contribution in [2.45, 2.75) is 45.6 Å². The second kappa shape index (κ2) is 7.75. The Morgan fingerprint density at radius 1 is 1.11 bits per heavy atom. The number of carbonyl (C=O) groups is 1. The highest BCUT2D eigenvalue weighted by Gasteiger charge is 2.48. The average molecular weight is 482 g/mol. The van der Waals surface area contributed by atoms with Crippen molar-refractivity contribution in [1.29, 1.82) is 0 Å². The van der Waals surface area contributed by atoms with Gasteiger partial charge in [-0.2, -0.15) is 0 Å². The van der Waals surface area contributed by atoms with E-state index < -0.39 is 0 Å². The van der Waals surface area contributed by atoms with Crippen LogP contribution in [0.5, 0.6) is 5.75 Å². The number of benzene rings is 3. The molecule has 4 aromatic rings. The van der Waals surface area contributed by atoms with Gasteiger partial charge in [0, 0.05) is 16.7 Å². The van der Waals surface area contributed by atoms with Gasteiger partial charge in [-0.05, 0) is 92.8 Å². The zero-order chi connectivity index (χ0) is 24.5. The molecule has 0 aliphatic carbocycles. The van der Waals surface area contributed by atoms with E-state index in [1.165, 1.54) is 10.3 Å². The Bertz CT molecular complexity index is 1530. The monoisotopic (exact) mass is 481 g/mol. The summed E-state index contributed by atoms with van der Waals surface area (Å²) in [6.07, 6.45) is 0.891. The van der Waals surface area contributed by atoms with Crippen molar-refractivity contribution in [3.63, 3.8) is 0 Å². The van der Waals surface area contributed by atoms with Gasteiger partial charge in [-0.3, -0.25) is 4.79 Å². The molecule has 6 rings (SSSR count). The molecule has 0 saturated carbocycles. The number of hydrogen-bond donors (Lipinski definition) is 0. The predicted molar refractivity (Wildman–Crippen MR) is 144 cm³/mol. The second-order valence-corrected chi connectivity index (χ2v) is 11.2. The number of aromatic nitrogens is 1. The van der Waals surface area contributed by atoms with Crippen molar-refractivity contribution in [2.75, 3.05) is 12.0 Å². The van der Waals surface area contributed by atoms with E-state index in [1.54, 1.807) is 18.4 Å². The third kappa shape index (κ3) is 3.47. The van der Waals surface area contributed by atoms with Gasteiger partial charge in [0.25, 0.3) is 5.91 Å². The number of amides is 1. The summed E-state index contributed by atoms with van der Waals surface area (Å²) in [7, 11) is 1.67. The maximum absolute atomic E-state index is 13.7. The molecule has 0 bridgehead atoms. The number of carbonyl (C=O) groups excluding carboxylic acids is 1. The zero-order valence-electron chi connectivity index (χ0n) is 20.5. The van der Waals surface area contributed by atoms with Crippen LogP contribution in [0.2, 0.25) is 0 Å². The molecule has 176 valence electrons. The highest BCUT2D eigenvalue weighted by molar-refractivity contribution is 7.21. The van der Waals surface area contributed by atoms with E-state index in [9.17, 15) is 4.79 Å². The molecule has 35 heavy (non-hydrogen) atoms. The number of thiazole rings is 1. The van der Waals surface area contributed by atoms with E-state index in [-0.39, 0.29) is 11.4 Å². The molecule has 3 aromatic carbocycles. The quantitative estimate of drug-likeness (QED) is 0.315. The lowest BCUT2D eigenvalue weighted by molar-refractivity contribution is -0.113. The fraction of sp³-hybridized carbons (Fsp3) is 0.276. The third-order valence-corrected chi connectivity index (χ3v) is 8.14. The number of methoxy groups -OCH3 is 1. The first-order chi connectivity index (χ1) is 16.7. The van der Waals surface area contributed by atoms with Crippen LogP contribution in [0.25, 0.3) is 20.8 Å². The first-order valence-corrected chi connectivity index (χ1v) is 12.7. The Morgan fingerprint density at radius 2 is 1.89 bits per heavy atom. The molecule has 3 heterocycles. The van der Waals surface area contributed by atoms with Crippen LogP contribution >= 0.6 is 11.3 Å².